The lowest BCUT2D eigenvalue weighted by molar-refractivity contribution is 0.631. The molecule has 1 aromatic carbocycles. The maximum atomic E-state index is 13.3. The van der Waals surface area contributed by atoms with E-state index in [9.17, 15) is 4.39 Å². The normalized spacial score (nSPS) is 10.3. The number of nitrogens with zero attached hydrogens (tertiary/aromatic N) is 1. The molecule has 0 aliphatic rings. The second kappa shape index (κ2) is 3.26. The molecule has 0 spiro atoms. The lowest BCUT2D eigenvalue weighted by atomic mass is 10.1. The van der Waals surface area contributed by atoms with Gasteiger partial charge in [-0.2, -0.15) is 0 Å². The van der Waals surface area contributed by atoms with Crippen LogP contribution in [0.25, 0.3) is 10.4 Å². The zero-order valence-electron chi connectivity index (χ0n) is 7.12. The van der Waals surface area contributed by atoms with E-state index in [-0.39, 0.29) is 5.82 Å². The quantitative estimate of drug-likeness (QED) is 0.677. The van der Waals surface area contributed by atoms with E-state index < -0.39 is 0 Å². The van der Waals surface area contributed by atoms with Gasteiger partial charge in [0, 0.05) is 5.56 Å². The molecule has 2 aromatic rings. The largest absolute Gasteiger partial charge is 0.249 e. The minimum absolute atomic E-state index is 0.185. The van der Waals surface area contributed by atoms with E-state index >= 15 is 0 Å². The third-order valence-electron chi connectivity index (χ3n) is 1.86. The van der Waals surface area contributed by atoms with Gasteiger partial charge < -0.3 is 0 Å². The van der Waals surface area contributed by atoms with Crippen LogP contribution in [-0.4, -0.2) is 4.98 Å². The van der Waals surface area contributed by atoms with Gasteiger partial charge in [0.25, 0.3) is 0 Å². The van der Waals surface area contributed by atoms with Gasteiger partial charge in [-0.15, -0.1) is 11.3 Å². The average molecular weight is 193 g/mol. The number of aromatic nitrogens is 1. The first kappa shape index (κ1) is 8.38. The van der Waals surface area contributed by atoms with Crippen LogP contribution in [0.5, 0.6) is 0 Å². The Balaban J connectivity index is 2.59. The fourth-order valence-corrected chi connectivity index (χ4v) is 2.04. The van der Waals surface area contributed by atoms with E-state index in [2.05, 4.69) is 4.98 Å². The molecular weight excluding hydrogens is 185 g/mol. The van der Waals surface area contributed by atoms with Gasteiger partial charge in [-0.3, -0.25) is 0 Å². The number of thiazole rings is 1. The molecule has 0 radical (unpaired) electrons. The SMILES string of the molecule is Cc1ncsc1-c1ccccc1F. The molecule has 0 fully saturated rings. The number of aryl methyl sites for hydroxylation is 1. The minimum Gasteiger partial charge on any atom is -0.249 e. The molecule has 13 heavy (non-hydrogen) atoms. The highest BCUT2D eigenvalue weighted by molar-refractivity contribution is 7.13. The fraction of sp³-hybridized carbons (Fsp3) is 0.100. The first-order chi connectivity index (χ1) is 6.29. The molecular formula is C10H8FNS. The molecule has 1 aromatic heterocycles. The first-order valence-electron chi connectivity index (χ1n) is 3.94. The van der Waals surface area contributed by atoms with Crippen molar-refractivity contribution in [3.8, 4) is 10.4 Å². The van der Waals surface area contributed by atoms with Crippen molar-refractivity contribution in [2.45, 2.75) is 6.92 Å². The van der Waals surface area contributed by atoms with Crippen molar-refractivity contribution in [3.63, 3.8) is 0 Å². The Bertz CT molecular complexity index is 422. The Kier molecular flexibility index (Phi) is 2.10. The number of hydrogen-bond donors (Lipinski definition) is 0. The Morgan fingerprint density at radius 1 is 1.31 bits per heavy atom. The van der Waals surface area contributed by atoms with Crippen LogP contribution >= 0.6 is 11.3 Å². The summed E-state index contributed by atoms with van der Waals surface area (Å²) >= 11 is 1.47. The molecule has 0 atom stereocenters. The number of benzene rings is 1. The van der Waals surface area contributed by atoms with E-state index in [1.54, 1.807) is 17.6 Å². The van der Waals surface area contributed by atoms with Crippen molar-refractivity contribution in [3.05, 3.63) is 41.3 Å². The van der Waals surface area contributed by atoms with Crippen molar-refractivity contribution in [1.82, 2.24) is 4.98 Å². The predicted octanol–water partition coefficient (Wildman–Crippen LogP) is 3.26. The molecule has 0 bridgehead atoms. The highest BCUT2D eigenvalue weighted by atomic mass is 32.1. The molecule has 0 amide bonds. The van der Waals surface area contributed by atoms with E-state index in [0.29, 0.717) is 5.56 Å². The molecule has 1 heterocycles. The van der Waals surface area contributed by atoms with Crippen LogP contribution < -0.4 is 0 Å². The summed E-state index contributed by atoms with van der Waals surface area (Å²) in [4.78, 5) is 5.00. The lowest BCUT2D eigenvalue weighted by Gasteiger charge is -1.99. The Labute approximate surface area is 79.9 Å². The first-order valence-corrected chi connectivity index (χ1v) is 4.82. The van der Waals surface area contributed by atoms with Gasteiger partial charge in [0.2, 0.25) is 0 Å². The van der Waals surface area contributed by atoms with E-state index in [0.717, 1.165) is 10.6 Å². The molecule has 0 saturated heterocycles. The van der Waals surface area contributed by atoms with Gasteiger partial charge in [-0.25, -0.2) is 9.37 Å². The van der Waals surface area contributed by atoms with Gasteiger partial charge in [0.05, 0.1) is 16.1 Å². The molecule has 3 heteroatoms. The van der Waals surface area contributed by atoms with E-state index in [1.807, 2.05) is 13.0 Å². The minimum atomic E-state index is -0.185. The molecule has 0 saturated carbocycles. The van der Waals surface area contributed by atoms with Crippen molar-refractivity contribution >= 4 is 11.3 Å². The average Bonchev–Trinajstić information content (AvgIpc) is 2.52. The summed E-state index contributed by atoms with van der Waals surface area (Å²) in [5.41, 5.74) is 3.26. The molecule has 2 rings (SSSR count). The van der Waals surface area contributed by atoms with Gasteiger partial charge >= 0.3 is 0 Å². The monoisotopic (exact) mass is 193 g/mol. The molecule has 0 aliphatic carbocycles. The summed E-state index contributed by atoms with van der Waals surface area (Å²) in [6.07, 6.45) is 0. The van der Waals surface area contributed by atoms with Crippen LogP contribution in [0, 0.1) is 12.7 Å². The van der Waals surface area contributed by atoms with Crippen LogP contribution in [0.4, 0.5) is 4.39 Å². The van der Waals surface area contributed by atoms with E-state index in [1.165, 1.54) is 17.4 Å². The smallest absolute Gasteiger partial charge is 0.131 e. The van der Waals surface area contributed by atoms with E-state index in [4.69, 9.17) is 0 Å². The van der Waals surface area contributed by atoms with Crippen LogP contribution in [0.2, 0.25) is 0 Å². The predicted molar refractivity (Wildman–Crippen MR) is 52.2 cm³/mol. The maximum absolute atomic E-state index is 13.3. The molecule has 66 valence electrons. The van der Waals surface area contributed by atoms with Gasteiger partial charge in [0.1, 0.15) is 5.82 Å². The number of hydrogen-bond acceptors (Lipinski definition) is 2. The lowest BCUT2D eigenvalue weighted by Crippen LogP contribution is -1.82. The fourth-order valence-electron chi connectivity index (χ4n) is 1.21. The summed E-state index contributed by atoms with van der Waals surface area (Å²) in [7, 11) is 0. The van der Waals surface area contributed by atoms with Gasteiger partial charge in [-0.1, -0.05) is 18.2 Å². The zero-order valence-corrected chi connectivity index (χ0v) is 7.94. The molecule has 0 unspecified atom stereocenters. The Morgan fingerprint density at radius 2 is 2.08 bits per heavy atom. The van der Waals surface area contributed by atoms with Crippen LogP contribution in [0.3, 0.4) is 0 Å². The van der Waals surface area contributed by atoms with Crippen molar-refractivity contribution in [1.29, 1.82) is 0 Å². The van der Waals surface area contributed by atoms with Crippen molar-refractivity contribution in [2.75, 3.05) is 0 Å². The van der Waals surface area contributed by atoms with Crippen LogP contribution in [0.1, 0.15) is 5.69 Å². The second-order valence-electron chi connectivity index (χ2n) is 2.75. The molecule has 1 nitrogen and oxygen atoms in total. The zero-order chi connectivity index (χ0) is 9.26. The standard InChI is InChI=1S/C10H8FNS/c1-7-10(13-6-12-7)8-4-2-3-5-9(8)11/h2-6H,1H3. The van der Waals surface area contributed by atoms with Gasteiger partial charge in [-0.05, 0) is 13.0 Å². The topological polar surface area (TPSA) is 12.9 Å². The highest BCUT2D eigenvalue weighted by Gasteiger charge is 2.08. The number of halogens is 1. The van der Waals surface area contributed by atoms with Crippen LogP contribution in [-0.2, 0) is 0 Å². The number of rotatable bonds is 1. The van der Waals surface area contributed by atoms with Crippen molar-refractivity contribution in [2.24, 2.45) is 0 Å². The summed E-state index contributed by atoms with van der Waals surface area (Å²) in [5.74, 6) is -0.185. The third kappa shape index (κ3) is 1.47. The molecule has 0 aliphatic heterocycles. The molecule has 0 N–H and O–H groups in total. The summed E-state index contributed by atoms with van der Waals surface area (Å²) in [6.45, 7) is 1.89. The maximum Gasteiger partial charge on any atom is 0.131 e. The Hall–Kier alpha value is -1.22. The summed E-state index contributed by atoms with van der Waals surface area (Å²) < 4.78 is 13.3. The Morgan fingerprint density at radius 3 is 2.69 bits per heavy atom. The second-order valence-corrected chi connectivity index (χ2v) is 3.60. The van der Waals surface area contributed by atoms with Crippen molar-refractivity contribution < 1.29 is 4.39 Å². The third-order valence-corrected chi connectivity index (χ3v) is 2.83. The van der Waals surface area contributed by atoms with Gasteiger partial charge in [0.15, 0.2) is 0 Å². The van der Waals surface area contributed by atoms with Crippen LogP contribution in [0.15, 0.2) is 29.8 Å². The summed E-state index contributed by atoms with van der Waals surface area (Å²) in [6, 6.07) is 6.76. The highest BCUT2D eigenvalue weighted by Crippen LogP contribution is 2.28. The summed E-state index contributed by atoms with van der Waals surface area (Å²) in [5, 5.41) is 0.